The molecular weight excluding hydrogens is 365 g/mol. The van der Waals surface area contributed by atoms with Crippen LogP contribution in [0.15, 0.2) is 36.5 Å². The van der Waals surface area contributed by atoms with Crippen molar-refractivity contribution in [2.75, 3.05) is 6.54 Å². The molecule has 0 radical (unpaired) electrons. The van der Waals surface area contributed by atoms with Crippen LogP contribution in [0.3, 0.4) is 0 Å². The van der Waals surface area contributed by atoms with E-state index in [0.717, 1.165) is 28.1 Å². The summed E-state index contributed by atoms with van der Waals surface area (Å²) >= 11 is 13.5. The second-order valence-corrected chi connectivity index (χ2v) is 7.50. The van der Waals surface area contributed by atoms with Crippen LogP contribution in [0.25, 0.3) is 10.2 Å². The molecule has 1 saturated heterocycles. The van der Waals surface area contributed by atoms with E-state index in [2.05, 4.69) is 11.1 Å². The number of fused-ring (bicyclic) bond motifs is 1. The van der Waals surface area contributed by atoms with Crippen molar-refractivity contribution in [3.63, 3.8) is 0 Å². The molecule has 1 aliphatic rings. The molecule has 1 aromatic carbocycles. The molecule has 24 heavy (non-hydrogen) atoms. The van der Waals surface area contributed by atoms with Gasteiger partial charge >= 0.3 is 0 Å². The Morgan fingerprint density at radius 2 is 2.12 bits per heavy atom. The van der Waals surface area contributed by atoms with E-state index in [1.54, 1.807) is 17.4 Å². The van der Waals surface area contributed by atoms with Gasteiger partial charge in [0.15, 0.2) is 0 Å². The molecule has 3 aromatic rings. The number of hydrogen-bond acceptors (Lipinski definition) is 4. The third kappa shape index (κ3) is 2.77. The minimum atomic E-state index is -0.0807. The third-order valence-corrected chi connectivity index (χ3v) is 5.98. The van der Waals surface area contributed by atoms with E-state index in [-0.39, 0.29) is 17.1 Å². The SMILES string of the molecule is O=C(c1cnc(Cl)c(Cl)c1)N1CCCC1c1nc2ccccc2s1. The summed E-state index contributed by atoms with van der Waals surface area (Å²) < 4.78 is 1.14. The Morgan fingerprint density at radius 3 is 2.92 bits per heavy atom. The number of rotatable bonds is 2. The molecule has 0 saturated carbocycles. The number of likely N-dealkylation sites (tertiary alicyclic amines) is 1. The number of aromatic nitrogens is 2. The number of thiazole rings is 1. The molecular formula is C17H13Cl2N3OS. The van der Waals surface area contributed by atoms with E-state index < -0.39 is 0 Å². The van der Waals surface area contributed by atoms with E-state index >= 15 is 0 Å². The lowest BCUT2D eigenvalue weighted by molar-refractivity contribution is 0.0735. The Kier molecular flexibility index (Phi) is 4.16. The van der Waals surface area contributed by atoms with Crippen LogP contribution in [0, 0.1) is 0 Å². The lowest BCUT2D eigenvalue weighted by Crippen LogP contribution is -2.30. The highest BCUT2D eigenvalue weighted by atomic mass is 35.5. The third-order valence-electron chi connectivity index (χ3n) is 4.15. The Morgan fingerprint density at radius 1 is 1.29 bits per heavy atom. The summed E-state index contributed by atoms with van der Waals surface area (Å²) in [6.07, 6.45) is 3.35. The lowest BCUT2D eigenvalue weighted by Gasteiger charge is -2.23. The number of nitrogens with zero attached hydrogens (tertiary/aromatic N) is 3. The first-order valence-corrected chi connectivity index (χ1v) is 9.18. The maximum absolute atomic E-state index is 12.9. The zero-order valence-corrected chi connectivity index (χ0v) is 14.9. The zero-order valence-electron chi connectivity index (χ0n) is 12.6. The lowest BCUT2D eigenvalue weighted by atomic mass is 10.2. The summed E-state index contributed by atoms with van der Waals surface area (Å²) in [5, 5.41) is 1.48. The standard InChI is InChI=1S/C17H13Cl2N3OS/c18-11-8-10(9-20-15(11)19)17(23)22-7-3-5-13(22)16-21-12-4-1-2-6-14(12)24-16/h1-2,4,6,8-9,13H,3,5,7H2. The number of carbonyl (C=O) groups is 1. The van der Waals surface area contributed by atoms with Gasteiger partial charge in [-0.05, 0) is 31.0 Å². The van der Waals surface area contributed by atoms with Gasteiger partial charge in [0.25, 0.3) is 5.91 Å². The van der Waals surface area contributed by atoms with E-state index in [0.29, 0.717) is 17.1 Å². The summed E-state index contributed by atoms with van der Waals surface area (Å²) in [4.78, 5) is 23.4. The molecule has 4 rings (SSSR count). The summed E-state index contributed by atoms with van der Waals surface area (Å²) in [5.74, 6) is -0.0807. The number of carbonyl (C=O) groups excluding carboxylic acids is 1. The summed E-state index contributed by atoms with van der Waals surface area (Å²) in [6, 6.07) is 9.62. The molecule has 0 N–H and O–H groups in total. The first-order chi connectivity index (χ1) is 11.6. The molecule has 4 nitrogen and oxygen atoms in total. The van der Waals surface area contributed by atoms with E-state index in [1.165, 1.54) is 6.20 Å². The minimum absolute atomic E-state index is 0.00403. The van der Waals surface area contributed by atoms with Crippen LogP contribution in [0.5, 0.6) is 0 Å². The van der Waals surface area contributed by atoms with Crippen molar-refractivity contribution in [2.45, 2.75) is 18.9 Å². The first-order valence-electron chi connectivity index (χ1n) is 7.61. The van der Waals surface area contributed by atoms with Gasteiger partial charge in [0.2, 0.25) is 0 Å². The topological polar surface area (TPSA) is 46.1 Å². The van der Waals surface area contributed by atoms with Gasteiger partial charge in [-0.3, -0.25) is 4.79 Å². The number of benzene rings is 1. The molecule has 0 spiro atoms. The molecule has 1 fully saturated rings. The maximum atomic E-state index is 12.9. The van der Waals surface area contributed by atoms with E-state index in [4.69, 9.17) is 28.2 Å². The van der Waals surface area contributed by atoms with Crippen molar-refractivity contribution < 1.29 is 4.79 Å². The average molecular weight is 378 g/mol. The van der Waals surface area contributed by atoms with Crippen molar-refractivity contribution >= 4 is 50.7 Å². The average Bonchev–Trinajstić information content (AvgIpc) is 3.22. The molecule has 0 aliphatic carbocycles. The van der Waals surface area contributed by atoms with E-state index in [9.17, 15) is 4.79 Å². The van der Waals surface area contributed by atoms with Gasteiger partial charge in [0, 0.05) is 12.7 Å². The molecule has 1 unspecified atom stereocenters. The highest BCUT2D eigenvalue weighted by Gasteiger charge is 2.33. The number of hydrogen-bond donors (Lipinski definition) is 0. The van der Waals surface area contributed by atoms with Crippen molar-refractivity contribution in [3.8, 4) is 0 Å². The van der Waals surface area contributed by atoms with Crippen molar-refractivity contribution in [1.82, 2.24) is 14.9 Å². The highest BCUT2D eigenvalue weighted by Crippen LogP contribution is 2.37. The van der Waals surface area contributed by atoms with Crippen molar-refractivity contribution in [3.05, 3.63) is 57.3 Å². The van der Waals surface area contributed by atoms with Gasteiger partial charge in [-0.15, -0.1) is 11.3 Å². The van der Waals surface area contributed by atoms with Crippen LogP contribution in [-0.2, 0) is 0 Å². The molecule has 7 heteroatoms. The minimum Gasteiger partial charge on any atom is -0.329 e. The van der Waals surface area contributed by atoms with Crippen LogP contribution in [-0.4, -0.2) is 27.3 Å². The van der Waals surface area contributed by atoms with Crippen molar-refractivity contribution in [1.29, 1.82) is 0 Å². The van der Waals surface area contributed by atoms with Gasteiger partial charge in [-0.1, -0.05) is 35.3 Å². The Balaban J connectivity index is 1.66. The molecule has 3 heterocycles. The Bertz CT molecular complexity index is 894. The molecule has 122 valence electrons. The molecule has 1 amide bonds. The van der Waals surface area contributed by atoms with Crippen LogP contribution < -0.4 is 0 Å². The maximum Gasteiger partial charge on any atom is 0.256 e. The van der Waals surface area contributed by atoms with E-state index in [1.807, 2.05) is 23.1 Å². The van der Waals surface area contributed by atoms with Crippen LogP contribution in [0.2, 0.25) is 10.2 Å². The highest BCUT2D eigenvalue weighted by molar-refractivity contribution is 7.18. The fraction of sp³-hybridized carbons (Fsp3) is 0.235. The molecule has 0 bridgehead atoms. The zero-order chi connectivity index (χ0) is 16.7. The van der Waals surface area contributed by atoms with Crippen LogP contribution in [0.1, 0.15) is 34.2 Å². The van der Waals surface area contributed by atoms with Gasteiger partial charge in [0.05, 0.1) is 26.8 Å². The Hall–Kier alpha value is -1.69. The second-order valence-electron chi connectivity index (χ2n) is 5.67. The number of amides is 1. The van der Waals surface area contributed by atoms with Gasteiger partial charge in [-0.25, -0.2) is 9.97 Å². The molecule has 1 aliphatic heterocycles. The fourth-order valence-electron chi connectivity index (χ4n) is 3.00. The smallest absolute Gasteiger partial charge is 0.256 e. The van der Waals surface area contributed by atoms with Gasteiger partial charge < -0.3 is 4.90 Å². The fourth-order valence-corrected chi connectivity index (χ4v) is 4.39. The van der Waals surface area contributed by atoms with Crippen molar-refractivity contribution in [2.24, 2.45) is 0 Å². The van der Waals surface area contributed by atoms with Gasteiger partial charge in [-0.2, -0.15) is 0 Å². The van der Waals surface area contributed by atoms with Crippen LogP contribution in [0.4, 0.5) is 0 Å². The summed E-state index contributed by atoms with van der Waals surface area (Å²) in [7, 11) is 0. The monoisotopic (exact) mass is 377 g/mol. The molecule has 2 aromatic heterocycles. The summed E-state index contributed by atoms with van der Waals surface area (Å²) in [6.45, 7) is 0.708. The predicted octanol–water partition coefficient (Wildman–Crippen LogP) is 4.98. The number of halogens is 2. The second kappa shape index (κ2) is 6.31. The normalized spacial score (nSPS) is 17.6. The largest absolute Gasteiger partial charge is 0.329 e. The number of para-hydroxylation sites is 1. The van der Waals surface area contributed by atoms with Gasteiger partial charge in [0.1, 0.15) is 10.2 Å². The predicted molar refractivity (Wildman–Crippen MR) is 96.9 cm³/mol. The molecule has 1 atom stereocenters. The number of pyridine rings is 1. The first kappa shape index (κ1) is 15.8. The Labute approximate surface area is 153 Å². The van der Waals surface area contributed by atoms with Crippen LogP contribution >= 0.6 is 34.5 Å². The quantitative estimate of drug-likeness (QED) is 0.591. The summed E-state index contributed by atoms with van der Waals surface area (Å²) in [5.41, 5.74) is 1.44.